The summed E-state index contributed by atoms with van der Waals surface area (Å²) in [6, 6.07) is 7.97. The molecular weight excluding hydrogens is 364 g/mol. The molecule has 0 bridgehead atoms. The van der Waals surface area contributed by atoms with Gasteiger partial charge in [-0.1, -0.05) is 18.2 Å². The first-order chi connectivity index (χ1) is 12.7. The van der Waals surface area contributed by atoms with Crippen molar-refractivity contribution >= 4 is 18.0 Å². The van der Waals surface area contributed by atoms with E-state index in [1.54, 1.807) is 25.3 Å². The minimum absolute atomic E-state index is 0.0417. The van der Waals surface area contributed by atoms with Gasteiger partial charge in [0, 0.05) is 7.11 Å². The van der Waals surface area contributed by atoms with E-state index in [0.717, 1.165) is 4.90 Å². The SMILES string of the molecule is COC(C)(C)C.O=CN(C(=O)c1nonc1OCC(F)F)c1ccccc1. The highest BCUT2D eigenvalue weighted by Crippen LogP contribution is 2.19. The van der Waals surface area contributed by atoms with Gasteiger partial charge in [0.1, 0.15) is 0 Å². The predicted molar refractivity (Wildman–Crippen MR) is 91.9 cm³/mol. The molecular formula is C17H21F2N3O5. The third-order valence-corrected chi connectivity index (χ3v) is 2.98. The van der Waals surface area contributed by atoms with Gasteiger partial charge < -0.3 is 9.47 Å². The van der Waals surface area contributed by atoms with Crippen LogP contribution in [0.15, 0.2) is 35.0 Å². The Labute approximate surface area is 155 Å². The summed E-state index contributed by atoms with van der Waals surface area (Å²) in [6.07, 6.45) is -2.48. The van der Waals surface area contributed by atoms with E-state index in [4.69, 9.17) is 4.74 Å². The summed E-state index contributed by atoms with van der Waals surface area (Å²) < 4.78 is 38.0. The van der Waals surface area contributed by atoms with E-state index in [1.165, 1.54) is 12.1 Å². The number of para-hydroxylation sites is 1. The maximum atomic E-state index is 12.2. The fourth-order valence-corrected chi connectivity index (χ4v) is 1.48. The molecule has 2 amide bonds. The first-order valence-electron chi connectivity index (χ1n) is 7.82. The van der Waals surface area contributed by atoms with Crippen molar-refractivity contribution in [2.45, 2.75) is 32.8 Å². The molecule has 0 radical (unpaired) electrons. The highest BCUT2D eigenvalue weighted by Gasteiger charge is 2.26. The molecule has 0 aliphatic rings. The molecule has 0 saturated heterocycles. The lowest BCUT2D eigenvalue weighted by atomic mass is 10.2. The predicted octanol–water partition coefficient (Wildman–Crippen LogP) is 2.95. The topological polar surface area (TPSA) is 94.8 Å². The van der Waals surface area contributed by atoms with Crippen molar-refractivity contribution in [3.63, 3.8) is 0 Å². The average molecular weight is 385 g/mol. The van der Waals surface area contributed by atoms with Gasteiger partial charge >= 0.3 is 0 Å². The molecule has 0 atom stereocenters. The summed E-state index contributed by atoms with van der Waals surface area (Å²) in [6.45, 7) is 5.09. The van der Waals surface area contributed by atoms with Crippen molar-refractivity contribution in [2.75, 3.05) is 18.6 Å². The lowest BCUT2D eigenvalue weighted by molar-refractivity contribution is -0.106. The Kier molecular flexibility index (Phi) is 8.46. The van der Waals surface area contributed by atoms with Gasteiger partial charge in [-0.05, 0) is 43.2 Å². The second kappa shape index (κ2) is 10.3. The summed E-state index contributed by atoms with van der Waals surface area (Å²) in [5, 5.41) is 6.50. The zero-order valence-electron chi connectivity index (χ0n) is 15.4. The number of ether oxygens (including phenoxy) is 2. The second-order valence-electron chi connectivity index (χ2n) is 6.05. The van der Waals surface area contributed by atoms with Crippen LogP contribution in [-0.2, 0) is 9.53 Å². The molecule has 0 aliphatic heterocycles. The quantitative estimate of drug-likeness (QED) is 0.706. The van der Waals surface area contributed by atoms with Crippen molar-refractivity contribution in [3.05, 3.63) is 36.0 Å². The Morgan fingerprint density at radius 2 is 1.85 bits per heavy atom. The van der Waals surface area contributed by atoms with Crippen LogP contribution in [0.25, 0.3) is 0 Å². The van der Waals surface area contributed by atoms with E-state index in [2.05, 4.69) is 19.7 Å². The molecule has 0 saturated carbocycles. The second-order valence-corrected chi connectivity index (χ2v) is 6.05. The summed E-state index contributed by atoms with van der Waals surface area (Å²) in [5.41, 5.74) is -0.146. The Hall–Kier alpha value is -2.88. The smallest absolute Gasteiger partial charge is 0.292 e. The van der Waals surface area contributed by atoms with E-state index in [0.29, 0.717) is 0 Å². The van der Waals surface area contributed by atoms with Crippen LogP contribution in [0.5, 0.6) is 5.88 Å². The van der Waals surface area contributed by atoms with Gasteiger partial charge in [-0.2, -0.15) is 0 Å². The van der Waals surface area contributed by atoms with Crippen LogP contribution in [0.2, 0.25) is 0 Å². The van der Waals surface area contributed by atoms with Crippen LogP contribution in [-0.4, -0.2) is 48.4 Å². The highest BCUT2D eigenvalue weighted by molar-refractivity contribution is 6.15. The Morgan fingerprint density at radius 3 is 2.33 bits per heavy atom. The van der Waals surface area contributed by atoms with Gasteiger partial charge in [-0.15, -0.1) is 0 Å². The van der Waals surface area contributed by atoms with Gasteiger partial charge in [-0.3, -0.25) is 9.59 Å². The molecule has 27 heavy (non-hydrogen) atoms. The first-order valence-corrected chi connectivity index (χ1v) is 7.82. The molecule has 8 nitrogen and oxygen atoms in total. The summed E-state index contributed by atoms with van der Waals surface area (Å²) >= 11 is 0. The van der Waals surface area contributed by atoms with Crippen molar-refractivity contribution in [2.24, 2.45) is 0 Å². The standard InChI is InChI=1S/C12H9F2N3O4.C5H12O/c13-9(14)6-20-11-10(15-21-16-11)12(19)17(7-18)8-4-2-1-3-5-8;1-5(2,3)6-4/h1-5,7,9H,6H2;1-4H3. The van der Waals surface area contributed by atoms with Gasteiger partial charge in [0.15, 0.2) is 6.61 Å². The van der Waals surface area contributed by atoms with Crippen LogP contribution in [0.4, 0.5) is 14.5 Å². The maximum Gasteiger partial charge on any atom is 0.292 e. The number of aromatic nitrogens is 2. The highest BCUT2D eigenvalue weighted by atomic mass is 19.3. The monoisotopic (exact) mass is 385 g/mol. The molecule has 0 spiro atoms. The van der Waals surface area contributed by atoms with Crippen molar-refractivity contribution in [1.82, 2.24) is 10.3 Å². The van der Waals surface area contributed by atoms with Crippen molar-refractivity contribution < 1.29 is 32.5 Å². The van der Waals surface area contributed by atoms with Gasteiger partial charge in [0.2, 0.25) is 12.1 Å². The molecule has 148 valence electrons. The first kappa shape index (κ1) is 22.2. The van der Waals surface area contributed by atoms with E-state index in [9.17, 15) is 18.4 Å². The van der Waals surface area contributed by atoms with Gasteiger partial charge in [0.25, 0.3) is 18.2 Å². The van der Waals surface area contributed by atoms with Crippen LogP contribution in [0.3, 0.4) is 0 Å². The number of hydrogen-bond acceptors (Lipinski definition) is 7. The maximum absolute atomic E-state index is 12.2. The fraction of sp³-hybridized carbons (Fsp3) is 0.412. The van der Waals surface area contributed by atoms with E-state index >= 15 is 0 Å². The molecule has 2 aromatic rings. The van der Waals surface area contributed by atoms with Crippen molar-refractivity contribution in [1.29, 1.82) is 0 Å². The van der Waals surface area contributed by atoms with Crippen LogP contribution < -0.4 is 9.64 Å². The number of nitrogens with zero attached hydrogens (tertiary/aromatic N) is 3. The zero-order valence-corrected chi connectivity index (χ0v) is 15.4. The fourth-order valence-electron chi connectivity index (χ4n) is 1.48. The third kappa shape index (κ3) is 7.48. The van der Waals surface area contributed by atoms with E-state index in [-0.39, 0.29) is 17.7 Å². The van der Waals surface area contributed by atoms with Crippen LogP contribution >= 0.6 is 0 Å². The van der Waals surface area contributed by atoms with Gasteiger partial charge in [0.05, 0.1) is 11.3 Å². The van der Waals surface area contributed by atoms with Gasteiger partial charge in [-0.25, -0.2) is 18.3 Å². The van der Waals surface area contributed by atoms with E-state index in [1.807, 2.05) is 20.8 Å². The molecule has 2 rings (SSSR count). The number of carbonyl (C=O) groups excluding carboxylic acids is 2. The summed E-state index contributed by atoms with van der Waals surface area (Å²) in [5.74, 6) is -1.40. The molecule has 1 aromatic heterocycles. The average Bonchev–Trinajstić information content (AvgIpc) is 3.10. The Morgan fingerprint density at radius 1 is 1.26 bits per heavy atom. The normalized spacial score (nSPS) is 10.8. The number of amides is 2. The minimum atomic E-state index is -2.75. The number of rotatable bonds is 6. The summed E-state index contributed by atoms with van der Waals surface area (Å²) in [7, 11) is 1.71. The number of benzene rings is 1. The van der Waals surface area contributed by atoms with Crippen LogP contribution in [0.1, 0.15) is 31.3 Å². The zero-order chi connectivity index (χ0) is 20.4. The third-order valence-electron chi connectivity index (χ3n) is 2.98. The van der Waals surface area contributed by atoms with E-state index < -0.39 is 30.5 Å². The molecule has 1 heterocycles. The minimum Gasteiger partial charge on any atom is -0.468 e. The lowest BCUT2D eigenvalue weighted by Crippen LogP contribution is -2.30. The number of halogens is 2. The van der Waals surface area contributed by atoms with Crippen LogP contribution in [0, 0.1) is 0 Å². The van der Waals surface area contributed by atoms with Crippen molar-refractivity contribution in [3.8, 4) is 5.88 Å². The largest absolute Gasteiger partial charge is 0.468 e. The number of carbonyl (C=O) groups is 2. The summed E-state index contributed by atoms with van der Waals surface area (Å²) in [4.78, 5) is 24.0. The number of methoxy groups -OCH3 is 1. The number of anilines is 1. The Balaban J connectivity index is 0.000000527. The Bertz CT molecular complexity index is 717. The number of imide groups is 1. The number of alkyl halides is 2. The lowest BCUT2D eigenvalue weighted by Gasteiger charge is -2.14. The molecule has 0 N–H and O–H groups in total. The molecule has 0 aliphatic carbocycles. The number of hydrogen-bond donors (Lipinski definition) is 0. The molecule has 0 unspecified atom stereocenters. The molecule has 10 heteroatoms. The molecule has 0 fully saturated rings. The molecule has 1 aromatic carbocycles.